The molecule has 0 aromatic heterocycles. The maximum Gasteiger partial charge on any atom is 0.0714 e. The average Bonchev–Trinajstić information content (AvgIpc) is 3.55. The lowest BCUT2D eigenvalue weighted by Crippen LogP contribution is -2.28. The molecule has 254 valence electrons. The predicted octanol–water partition coefficient (Wildman–Crippen LogP) is 14.0. The summed E-state index contributed by atoms with van der Waals surface area (Å²) in [7, 11) is 0. The van der Waals surface area contributed by atoms with Crippen LogP contribution in [0.15, 0.2) is 224 Å². The number of hydrogen-bond donors (Lipinski definition) is 0. The maximum absolute atomic E-state index is 2.45. The fourth-order valence-electron chi connectivity index (χ4n) is 8.75. The van der Waals surface area contributed by atoms with Gasteiger partial charge < -0.3 is 4.90 Å². The van der Waals surface area contributed by atoms with E-state index in [2.05, 4.69) is 229 Å². The first-order chi connectivity index (χ1) is 26.8. The highest BCUT2D eigenvalue weighted by Crippen LogP contribution is 2.57. The van der Waals surface area contributed by atoms with E-state index in [0.717, 1.165) is 17.1 Å². The second kappa shape index (κ2) is 13.2. The molecule has 1 nitrogen and oxygen atoms in total. The standard InChI is InChI=1S/C53H37N/c1-4-18-39(19-5-1)47-27-12-13-28-48(47)41-21-16-26-44(36-41)54(45-32-31-38-17-10-11-20-40(38)35-45)46-33-34-50-49-29-14-15-30-51(49)53(52(50)37-46,42-22-6-2-7-23-42)43-24-8-3-9-25-43/h1-37H. The minimum Gasteiger partial charge on any atom is -0.310 e. The molecule has 0 spiro atoms. The summed E-state index contributed by atoms with van der Waals surface area (Å²) in [5, 5.41) is 2.44. The molecule has 0 saturated carbocycles. The van der Waals surface area contributed by atoms with Crippen LogP contribution in [-0.2, 0) is 5.41 Å². The number of benzene rings is 9. The van der Waals surface area contributed by atoms with E-state index in [-0.39, 0.29) is 0 Å². The summed E-state index contributed by atoms with van der Waals surface area (Å²) < 4.78 is 0. The lowest BCUT2D eigenvalue weighted by Gasteiger charge is -2.35. The molecule has 1 aliphatic carbocycles. The van der Waals surface area contributed by atoms with Gasteiger partial charge in [0.2, 0.25) is 0 Å². The van der Waals surface area contributed by atoms with Crippen molar-refractivity contribution in [2.45, 2.75) is 5.41 Å². The molecular weight excluding hydrogens is 651 g/mol. The zero-order valence-corrected chi connectivity index (χ0v) is 29.8. The van der Waals surface area contributed by atoms with Gasteiger partial charge in [0, 0.05) is 17.1 Å². The smallest absolute Gasteiger partial charge is 0.0714 e. The van der Waals surface area contributed by atoms with Crippen molar-refractivity contribution in [3.63, 3.8) is 0 Å². The normalized spacial score (nSPS) is 12.6. The molecule has 1 aliphatic rings. The Labute approximate surface area is 317 Å². The van der Waals surface area contributed by atoms with E-state index in [4.69, 9.17) is 0 Å². The van der Waals surface area contributed by atoms with Crippen LogP contribution in [0.4, 0.5) is 17.1 Å². The van der Waals surface area contributed by atoms with Crippen LogP contribution < -0.4 is 4.90 Å². The third kappa shape index (κ3) is 5.17. The summed E-state index contributed by atoms with van der Waals surface area (Å²) in [5.74, 6) is 0. The SMILES string of the molecule is c1ccc(-c2ccccc2-c2cccc(N(c3ccc4c(c3)C(c3ccccc3)(c3ccccc3)c3ccccc3-4)c3ccc4ccccc4c3)c2)cc1. The van der Waals surface area contributed by atoms with Gasteiger partial charge in [0.15, 0.2) is 0 Å². The van der Waals surface area contributed by atoms with E-state index in [1.54, 1.807) is 0 Å². The van der Waals surface area contributed by atoms with Crippen molar-refractivity contribution < 1.29 is 0 Å². The average molecular weight is 688 g/mol. The number of anilines is 3. The number of nitrogens with zero attached hydrogens (tertiary/aromatic N) is 1. The van der Waals surface area contributed by atoms with Crippen LogP contribution >= 0.6 is 0 Å². The third-order valence-electron chi connectivity index (χ3n) is 11.1. The molecule has 0 heterocycles. The summed E-state index contributed by atoms with van der Waals surface area (Å²) >= 11 is 0. The molecular formula is C53H37N. The Balaban J connectivity index is 1.22. The van der Waals surface area contributed by atoms with Gasteiger partial charge in [-0.25, -0.2) is 0 Å². The lowest BCUT2D eigenvalue weighted by molar-refractivity contribution is 0.768. The van der Waals surface area contributed by atoms with Crippen molar-refractivity contribution in [1.29, 1.82) is 0 Å². The quantitative estimate of drug-likeness (QED) is 0.161. The highest BCUT2D eigenvalue weighted by atomic mass is 15.1. The van der Waals surface area contributed by atoms with Crippen LogP contribution in [0, 0.1) is 0 Å². The van der Waals surface area contributed by atoms with Gasteiger partial charge in [-0.2, -0.15) is 0 Å². The van der Waals surface area contributed by atoms with Gasteiger partial charge in [0.1, 0.15) is 0 Å². The van der Waals surface area contributed by atoms with Crippen molar-refractivity contribution >= 4 is 27.8 Å². The van der Waals surface area contributed by atoms with E-state index >= 15 is 0 Å². The van der Waals surface area contributed by atoms with Crippen LogP contribution in [-0.4, -0.2) is 0 Å². The van der Waals surface area contributed by atoms with Crippen molar-refractivity contribution in [1.82, 2.24) is 0 Å². The van der Waals surface area contributed by atoms with E-state index in [9.17, 15) is 0 Å². The molecule has 0 saturated heterocycles. The Morgan fingerprint density at radius 1 is 0.278 bits per heavy atom. The summed E-state index contributed by atoms with van der Waals surface area (Å²) in [4.78, 5) is 2.44. The second-order valence-corrected chi connectivity index (χ2v) is 14.1. The molecule has 0 amide bonds. The first-order valence-corrected chi connectivity index (χ1v) is 18.7. The molecule has 0 unspecified atom stereocenters. The second-order valence-electron chi connectivity index (χ2n) is 14.1. The highest BCUT2D eigenvalue weighted by Gasteiger charge is 2.46. The van der Waals surface area contributed by atoms with Gasteiger partial charge in [-0.3, -0.25) is 0 Å². The maximum atomic E-state index is 2.45. The van der Waals surface area contributed by atoms with Crippen molar-refractivity contribution in [2.75, 3.05) is 4.90 Å². The van der Waals surface area contributed by atoms with Crippen LogP contribution in [0.2, 0.25) is 0 Å². The van der Waals surface area contributed by atoms with Crippen molar-refractivity contribution in [2.24, 2.45) is 0 Å². The van der Waals surface area contributed by atoms with Gasteiger partial charge in [0.05, 0.1) is 5.41 Å². The minimum atomic E-state index is -0.490. The lowest BCUT2D eigenvalue weighted by atomic mass is 9.67. The molecule has 0 aliphatic heterocycles. The molecule has 1 heteroatoms. The van der Waals surface area contributed by atoms with E-state index in [0.29, 0.717) is 0 Å². The number of rotatable bonds is 7. The van der Waals surface area contributed by atoms with Gasteiger partial charge in [-0.05, 0) is 103 Å². The molecule has 10 rings (SSSR count). The zero-order valence-electron chi connectivity index (χ0n) is 29.8. The molecule has 9 aromatic rings. The summed E-state index contributed by atoms with van der Waals surface area (Å²) in [5.41, 5.74) is 15.3. The van der Waals surface area contributed by atoms with Crippen LogP contribution in [0.3, 0.4) is 0 Å². The van der Waals surface area contributed by atoms with Crippen LogP contribution in [0.25, 0.3) is 44.2 Å². The predicted molar refractivity (Wildman–Crippen MR) is 227 cm³/mol. The molecule has 0 bridgehead atoms. The van der Waals surface area contributed by atoms with E-state index < -0.39 is 5.41 Å². The summed E-state index contributed by atoms with van der Waals surface area (Å²) in [6, 6.07) is 82.1. The Kier molecular flexibility index (Phi) is 7.78. The number of fused-ring (bicyclic) bond motifs is 4. The molecule has 0 fully saturated rings. The minimum absolute atomic E-state index is 0.490. The van der Waals surface area contributed by atoms with E-state index in [1.807, 2.05) is 0 Å². The summed E-state index contributed by atoms with van der Waals surface area (Å²) in [6.07, 6.45) is 0. The molecule has 0 N–H and O–H groups in total. The fraction of sp³-hybridized carbons (Fsp3) is 0.0189. The Bertz CT molecular complexity index is 2730. The Morgan fingerprint density at radius 3 is 1.50 bits per heavy atom. The molecule has 9 aromatic carbocycles. The molecule has 54 heavy (non-hydrogen) atoms. The molecule has 0 radical (unpaired) electrons. The van der Waals surface area contributed by atoms with Crippen molar-refractivity contribution in [3.05, 3.63) is 247 Å². The van der Waals surface area contributed by atoms with E-state index in [1.165, 1.54) is 66.4 Å². The van der Waals surface area contributed by atoms with Gasteiger partial charge in [-0.15, -0.1) is 0 Å². The first-order valence-electron chi connectivity index (χ1n) is 18.7. The fourth-order valence-corrected chi connectivity index (χ4v) is 8.75. The Hall–Kier alpha value is -6.96. The van der Waals surface area contributed by atoms with Gasteiger partial charge >= 0.3 is 0 Å². The monoisotopic (exact) mass is 687 g/mol. The number of hydrogen-bond acceptors (Lipinski definition) is 1. The highest BCUT2D eigenvalue weighted by molar-refractivity contribution is 5.93. The van der Waals surface area contributed by atoms with Gasteiger partial charge in [0.25, 0.3) is 0 Å². The summed E-state index contributed by atoms with van der Waals surface area (Å²) in [6.45, 7) is 0. The zero-order chi connectivity index (χ0) is 35.9. The molecule has 0 atom stereocenters. The third-order valence-corrected chi connectivity index (χ3v) is 11.1. The van der Waals surface area contributed by atoms with Crippen LogP contribution in [0.5, 0.6) is 0 Å². The van der Waals surface area contributed by atoms with Crippen molar-refractivity contribution in [3.8, 4) is 33.4 Å². The topological polar surface area (TPSA) is 3.24 Å². The first kappa shape index (κ1) is 31.7. The van der Waals surface area contributed by atoms with Crippen LogP contribution in [0.1, 0.15) is 22.3 Å². The van der Waals surface area contributed by atoms with Gasteiger partial charge in [-0.1, -0.05) is 188 Å². The Morgan fingerprint density at radius 2 is 0.778 bits per heavy atom. The largest absolute Gasteiger partial charge is 0.310 e.